The predicted molar refractivity (Wildman–Crippen MR) is 72.3 cm³/mol. The Labute approximate surface area is 122 Å². The SMILES string of the molecule is O=C(NNC(=O)[C@H]1CCCO1)c1coc(C2CCCC2)n1. The molecule has 1 aliphatic carbocycles. The van der Waals surface area contributed by atoms with Crippen molar-refractivity contribution < 1.29 is 18.7 Å². The van der Waals surface area contributed by atoms with E-state index in [1.807, 2.05) is 0 Å². The molecule has 114 valence electrons. The van der Waals surface area contributed by atoms with Crippen LogP contribution in [-0.2, 0) is 9.53 Å². The van der Waals surface area contributed by atoms with Crippen LogP contribution in [0.3, 0.4) is 0 Å². The van der Waals surface area contributed by atoms with Crippen LogP contribution in [0.1, 0.15) is 60.8 Å². The van der Waals surface area contributed by atoms with Gasteiger partial charge >= 0.3 is 0 Å². The van der Waals surface area contributed by atoms with E-state index in [0.29, 0.717) is 24.8 Å². The molecule has 2 amide bonds. The molecule has 0 radical (unpaired) electrons. The molecule has 2 aliphatic rings. The van der Waals surface area contributed by atoms with E-state index in [1.54, 1.807) is 0 Å². The van der Waals surface area contributed by atoms with Crippen LogP contribution in [0.15, 0.2) is 10.7 Å². The van der Waals surface area contributed by atoms with Crippen molar-refractivity contribution in [3.05, 3.63) is 17.8 Å². The van der Waals surface area contributed by atoms with Crippen LogP contribution >= 0.6 is 0 Å². The molecule has 1 aromatic rings. The third kappa shape index (κ3) is 3.24. The normalized spacial score (nSPS) is 22.4. The summed E-state index contributed by atoms with van der Waals surface area (Å²) < 4.78 is 10.6. The van der Waals surface area contributed by atoms with Gasteiger partial charge in [0.15, 0.2) is 11.6 Å². The second-order valence-electron chi connectivity index (χ2n) is 5.50. The Kier molecular flexibility index (Phi) is 4.19. The molecule has 0 bridgehead atoms. The van der Waals surface area contributed by atoms with Gasteiger partial charge < -0.3 is 9.15 Å². The highest BCUT2D eigenvalue weighted by Gasteiger charge is 2.25. The van der Waals surface area contributed by atoms with Crippen molar-refractivity contribution in [2.45, 2.75) is 50.5 Å². The van der Waals surface area contributed by atoms with E-state index in [-0.39, 0.29) is 11.6 Å². The lowest BCUT2D eigenvalue weighted by atomic mass is 10.1. The van der Waals surface area contributed by atoms with Crippen LogP contribution in [0.4, 0.5) is 0 Å². The number of hydrogen-bond acceptors (Lipinski definition) is 5. The minimum absolute atomic E-state index is 0.185. The van der Waals surface area contributed by atoms with E-state index in [1.165, 1.54) is 19.1 Å². The van der Waals surface area contributed by atoms with Crippen molar-refractivity contribution in [1.29, 1.82) is 0 Å². The zero-order valence-corrected chi connectivity index (χ0v) is 11.8. The molecule has 1 atom stereocenters. The fourth-order valence-corrected chi connectivity index (χ4v) is 2.80. The minimum atomic E-state index is -0.477. The average Bonchev–Trinajstić information content (AvgIpc) is 3.25. The Bertz CT molecular complexity index is 516. The molecule has 1 aromatic heterocycles. The van der Waals surface area contributed by atoms with Crippen molar-refractivity contribution in [3.8, 4) is 0 Å². The number of oxazole rings is 1. The van der Waals surface area contributed by atoms with E-state index in [4.69, 9.17) is 9.15 Å². The van der Waals surface area contributed by atoms with Crippen molar-refractivity contribution in [2.24, 2.45) is 0 Å². The summed E-state index contributed by atoms with van der Waals surface area (Å²) in [7, 11) is 0. The minimum Gasteiger partial charge on any atom is -0.448 e. The predicted octanol–water partition coefficient (Wildman–Crippen LogP) is 1.27. The maximum atomic E-state index is 11.9. The first-order valence-corrected chi connectivity index (χ1v) is 7.41. The van der Waals surface area contributed by atoms with Crippen LogP contribution in [0.25, 0.3) is 0 Å². The number of nitrogens with zero attached hydrogens (tertiary/aromatic N) is 1. The number of nitrogens with one attached hydrogen (secondary N) is 2. The van der Waals surface area contributed by atoms with Gasteiger partial charge in [-0.25, -0.2) is 4.98 Å². The second kappa shape index (κ2) is 6.26. The molecule has 1 saturated heterocycles. The summed E-state index contributed by atoms with van der Waals surface area (Å²) in [6, 6.07) is 0. The molecular weight excluding hydrogens is 274 g/mol. The Morgan fingerprint density at radius 3 is 2.67 bits per heavy atom. The molecule has 2 heterocycles. The fourth-order valence-electron chi connectivity index (χ4n) is 2.80. The van der Waals surface area contributed by atoms with Crippen molar-refractivity contribution in [1.82, 2.24) is 15.8 Å². The summed E-state index contributed by atoms with van der Waals surface area (Å²) >= 11 is 0. The van der Waals surface area contributed by atoms with Gasteiger partial charge in [-0.2, -0.15) is 0 Å². The maximum absolute atomic E-state index is 11.9. The van der Waals surface area contributed by atoms with Crippen molar-refractivity contribution in [2.75, 3.05) is 6.61 Å². The summed E-state index contributed by atoms with van der Waals surface area (Å²) in [5.74, 6) is 0.117. The van der Waals surface area contributed by atoms with E-state index in [9.17, 15) is 9.59 Å². The van der Waals surface area contributed by atoms with E-state index >= 15 is 0 Å². The smallest absolute Gasteiger partial charge is 0.291 e. The van der Waals surface area contributed by atoms with Crippen molar-refractivity contribution in [3.63, 3.8) is 0 Å². The maximum Gasteiger partial charge on any atom is 0.291 e. The van der Waals surface area contributed by atoms with E-state index in [0.717, 1.165) is 19.3 Å². The lowest BCUT2D eigenvalue weighted by Crippen LogP contribution is -2.46. The van der Waals surface area contributed by atoms with Crippen LogP contribution in [0, 0.1) is 0 Å². The molecule has 7 heteroatoms. The first kappa shape index (κ1) is 14.1. The van der Waals surface area contributed by atoms with E-state index < -0.39 is 12.0 Å². The first-order chi connectivity index (χ1) is 10.2. The molecule has 2 N–H and O–H groups in total. The van der Waals surface area contributed by atoms with Crippen LogP contribution in [0.2, 0.25) is 0 Å². The lowest BCUT2D eigenvalue weighted by molar-refractivity contribution is -0.130. The Morgan fingerprint density at radius 1 is 1.14 bits per heavy atom. The van der Waals surface area contributed by atoms with Gasteiger partial charge in [0.05, 0.1) is 0 Å². The molecule has 3 rings (SSSR count). The van der Waals surface area contributed by atoms with Gasteiger partial charge in [-0.3, -0.25) is 20.4 Å². The second-order valence-corrected chi connectivity index (χ2v) is 5.50. The van der Waals surface area contributed by atoms with Gasteiger partial charge in [0.2, 0.25) is 0 Å². The number of hydrazine groups is 1. The van der Waals surface area contributed by atoms with Crippen LogP contribution < -0.4 is 10.9 Å². The number of amides is 2. The topological polar surface area (TPSA) is 93.5 Å². The van der Waals surface area contributed by atoms with Crippen LogP contribution in [0.5, 0.6) is 0 Å². The highest BCUT2D eigenvalue weighted by molar-refractivity contribution is 5.93. The molecule has 1 saturated carbocycles. The zero-order chi connectivity index (χ0) is 14.7. The fraction of sp³-hybridized carbons (Fsp3) is 0.643. The summed E-state index contributed by atoms with van der Waals surface area (Å²) in [6.07, 6.45) is 6.85. The molecule has 0 aromatic carbocycles. The largest absolute Gasteiger partial charge is 0.448 e. The number of carbonyl (C=O) groups excluding carboxylic acids is 2. The summed E-state index contributed by atoms with van der Waals surface area (Å²) in [5.41, 5.74) is 4.88. The summed E-state index contributed by atoms with van der Waals surface area (Å²) in [5, 5.41) is 0. The van der Waals surface area contributed by atoms with Gasteiger partial charge in [0.1, 0.15) is 12.4 Å². The highest BCUT2D eigenvalue weighted by Crippen LogP contribution is 2.33. The Hall–Kier alpha value is -1.89. The summed E-state index contributed by atoms with van der Waals surface area (Å²) in [6.45, 7) is 0.583. The monoisotopic (exact) mass is 293 g/mol. The standard InChI is InChI=1S/C14H19N3O4/c18-12(16-17-13(19)11-6-3-7-20-11)10-8-21-14(15-10)9-4-1-2-5-9/h8-9,11H,1-7H2,(H,16,18)(H,17,19)/t11-/m1/s1. The van der Waals surface area contributed by atoms with Crippen molar-refractivity contribution >= 4 is 11.8 Å². The van der Waals surface area contributed by atoms with Gasteiger partial charge in [-0.15, -0.1) is 0 Å². The number of aromatic nitrogens is 1. The molecule has 7 nitrogen and oxygen atoms in total. The molecule has 2 fully saturated rings. The van der Waals surface area contributed by atoms with Gasteiger partial charge in [-0.1, -0.05) is 12.8 Å². The Balaban J connectivity index is 1.51. The third-order valence-electron chi connectivity index (χ3n) is 3.98. The Morgan fingerprint density at radius 2 is 1.95 bits per heavy atom. The molecule has 1 aliphatic heterocycles. The molecular formula is C14H19N3O4. The average molecular weight is 293 g/mol. The van der Waals surface area contributed by atoms with Crippen LogP contribution in [-0.4, -0.2) is 29.5 Å². The van der Waals surface area contributed by atoms with Gasteiger partial charge in [-0.05, 0) is 25.7 Å². The first-order valence-electron chi connectivity index (χ1n) is 7.41. The molecule has 0 spiro atoms. The number of hydrogen-bond donors (Lipinski definition) is 2. The van der Waals surface area contributed by atoms with Gasteiger partial charge in [0.25, 0.3) is 11.8 Å². The van der Waals surface area contributed by atoms with E-state index in [2.05, 4.69) is 15.8 Å². The number of rotatable bonds is 3. The molecule has 21 heavy (non-hydrogen) atoms. The number of ether oxygens (including phenoxy) is 1. The molecule has 0 unspecified atom stereocenters. The quantitative estimate of drug-likeness (QED) is 0.819. The summed E-state index contributed by atoms with van der Waals surface area (Å²) in [4.78, 5) is 27.8. The third-order valence-corrected chi connectivity index (χ3v) is 3.98. The van der Waals surface area contributed by atoms with Gasteiger partial charge in [0, 0.05) is 12.5 Å². The lowest BCUT2D eigenvalue weighted by Gasteiger charge is -2.10. The zero-order valence-electron chi connectivity index (χ0n) is 11.8. The highest BCUT2D eigenvalue weighted by atomic mass is 16.5. The number of carbonyl (C=O) groups is 2.